The van der Waals surface area contributed by atoms with E-state index < -0.39 is 0 Å². The molecule has 0 aliphatic heterocycles. The van der Waals surface area contributed by atoms with Crippen LogP contribution in [-0.2, 0) is 6.42 Å². The molecule has 0 spiro atoms. The van der Waals surface area contributed by atoms with Crippen molar-refractivity contribution in [3.05, 3.63) is 35.4 Å². The first-order chi connectivity index (χ1) is 11.0. The molecule has 0 heterocycles. The van der Waals surface area contributed by atoms with Crippen molar-refractivity contribution in [2.75, 3.05) is 13.1 Å². The fourth-order valence-electron chi connectivity index (χ4n) is 2.24. The Bertz CT molecular complexity index is 423. The van der Waals surface area contributed by atoms with Crippen molar-refractivity contribution >= 4 is 5.91 Å². The van der Waals surface area contributed by atoms with E-state index in [1.165, 1.54) is 18.4 Å². The molecule has 0 saturated heterocycles. The third-order valence-corrected chi connectivity index (χ3v) is 3.39. The molecule has 0 bridgehead atoms. The molecule has 23 heavy (non-hydrogen) atoms. The monoisotopic (exact) mass is 319 g/mol. The van der Waals surface area contributed by atoms with Crippen LogP contribution in [0.25, 0.3) is 0 Å². The number of nitrogens with zero attached hydrogens (tertiary/aromatic N) is 1. The number of benzene rings is 1. The topological polar surface area (TPSA) is 20.3 Å². The lowest BCUT2D eigenvalue weighted by atomic mass is 10.1. The highest BCUT2D eigenvalue weighted by molar-refractivity contribution is 5.94. The van der Waals surface area contributed by atoms with Crippen LogP contribution in [0.4, 0.5) is 0 Å². The molecule has 0 atom stereocenters. The van der Waals surface area contributed by atoms with Gasteiger partial charge in [-0.1, -0.05) is 66.5 Å². The normalized spacial score (nSPS) is 10.2. The molecule has 1 amide bonds. The Labute approximate surface area is 144 Å². The van der Waals surface area contributed by atoms with Crippen molar-refractivity contribution in [3.8, 4) is 0 Å². The van der Waals surface area contributed by atoms with Crippen molar-refractivity contribution in [2.45, 2.75) is 73.6 Å². The highest BCUT2D eigenvalue weighted by Gasteiger charge is 2.14. The zero-order valence-corrected chi connectivity index (χ0v) is 16.2. The van der Waals surface area contributed by atoms with E-state index in [4.69, 9.17) is 0 Å². The minimum Gasteiger partial charge on any atom is -0.339 e. The van der Waals surface area contributed by atoms with E-state index in [9.17, 15) is 4.79 Å². The summed E-state index contributed by atoms with van der Waals surface area (Å²) in [4.78, 5) is 14.5. The standard InChI is InChI=1S/C17H27NO.C4H10/c1-4-7-8-13-18(12-5-2)17(19)16-11-9-10-15(6-3)14-16;1-4(2)3/h9-11,14H,4-8,12-13H2,1-3H3;4H,1-3H3. The van der Waals surface area contributed by atoms with Gasteiger partial charge < -0.3 is 4.90 Å². The van der Waals surface area contributed by atoms with Crippen molar-refractivity contribution in [3.63, 3.8) is 0 Å². The van der Waals surface area contributed by atoms with Gasteiger partial charge in [0.05, 0.1) is 0 Å². The Kier molecular flexibility index (Phi) is 12.4. The van der Waals surface area contributed by atoms with Crippen LogP contribution in [0, 0.1) is 5.92 Å². The lowest BCUT2D eigenvalue weighted by molar-refractivity contribution is 0.0752. The Morgan fingerprint density at radius 3 is 2.17 bits per heavy atom. The number of amides is 1. The van der Waals surface area contributed by atoms with E-state index >= 15 is 0 Å². The van der Waals surface area contributed by atoms with Crippen molar-refractivity contribution in [1.29, 1.82) is 0 Å². The number of carbonyl (C=O) groups is 1. The Morgan fingerprint density at radius 2 is 1.65 bits per heavy atom. The third kappa shape index (κ3) is 10.1. The molecule has 0 aromatic heterocycles. The van der Waals surface area contributed by atoms with Crippen LogP contribution in [0.2, 0.25) is 0 Å². The summed E-state index contributed by atoms with van der Waals surface area (Å²) in [6.07, 6.45) is 5.49. The van der Waals surface area contributed by atoms with Crippen LogP contribution in [0.15, 0.2) is 24.3 Å². The Hall–Kier alpha value is -1.31. The number of aryl methyl sites for hydroxylation is 1. The molecular weight excluding hydrogens is 282 g/mol. The van der Waals surface area contributed by atoms with E-state index in [1.54, 1.807) is 0 Å². The summed E-state index contributed by atoms with van der Waals surface area (Å²) in [6, 6.07) is 8.04. The summed E-state index contributed by atoms with van der Waals surface area (Å²) < 4.78 is 0. The van der Waals surface area contributed by atoms with Crippen LogP contribution >= 0.6 is 0 Å². The van der Waals surface area contributed by atoms with E-state index in [1.807, 2.05) is 23.1 Å². The quantitative estimate of drug-likeness (QED) is 0.542. The fraction of sp³-hybridized carbons (Fsp3) is 0.667. The van der Waals surface area contributed by atoms with Crippen molar-refractivity contribution < 1.29 is 4.79 Å². The first kappa shape index (κ1) is 21.7. The van der Waals surface area contributed by atoms with Crippen LogP contribution in [0.5, 0.6) is 0 Å². The average molecular weight is 320 g/mol. The van der Waals surface area contributed by atoms with Gasteiger partial charge in [0.2, 0.25) is 0 Å². The lowest BCUT2D eigenvalue weighted by Gasteiger charge is -2.22. The van der Waals surface area contributed by atoms with Crippen LogP contribution < -0.4 is 0 Å². The predicted molar refractivity (Wildman–Crippen MR) is 102 cm³/mol. The minimum atomic E-state index is 0.188. The molecular formula is C21H37NO. The fourth-order valence-corrected chi connectivity index (χ4v) is 2.24. The number of carbonyl (C=O) groups excluding carboxylic acids is 1. The van der Waals surface area contributed by atoms with Gasteiger partial charge in [0.15, 0.2) is 0 Å². The molecule has 0 fully saturated rings. The maximum Gasteiger partial charge on any atom is 0.253 e. The Morgan fingerprint density at radius 1 is 1.00 bits per heavy atom. The highest BCUT2D eigenvalue weighted by atomic mass is 16.2. The third-order valence-electron chi connectivity index (χ3n) is 3.39. The molecule has 2 heteroatoms. The molecule has 1 aromatic rings. The molecule has 132 valence electrons. The van der Waals surface area contributed by atoms with Gasteiger partial charge in [-0.25, -0.2) is 0 Å². The van der Waals surface area contributed by atoms with Gasteiger partial charge in [-0.3, -0.25) is 4.79 Å². The summed E-state index contributed by atoms with van der Waals surface area (Å²) in [6.45, 7) is 14.7. The van der Waals surface area contributed by atoms with Crippen molar-refractivity contribution in [2.24, 2.45) is 5.92 Å². The van der Waals surface area contributed by atoms with Crippen LogP contribution in [0.1, 0.15) is 83.1 Å². The Balaban J connectivity index is 0.00000108. The summed E-state index contributed by atoms with van der Waals surface area (Å²) in [5.41, 5.74) is 2.07. The molecule has 1 rings (SSSR count). The van der Waals surface area contributed by atoms with Gasteiger partial charge >= 0.3 is 0 Å². The van der Waals surface area contributed by atoms with Gasteiger partial charge in [0, 0.05) is 18.7 Å². The number of hydrogen-bond donors (Lipinski definition) is 0. The average Bonchev–Trinajstić information content (AvgIpc) is 2.53. The van der Waals surface area contributed by atoms with E-state index in [-0.39, 0.29) is 5.91 Å². The van der Waals surface area contributed by atoms with Crippen LogP contribution in [0.3, 0.4) is 0 Å². The number of unbranched alkanes of at least 4 members (excludes halogenated alkanes) is 2. The molecule has 2 nitrogen and oxygen atoms in total. The van der Waals surface area contributed by atoms with Gasteiger partial charge in [-0.2, -0.15) is 0 Å². The molecule has 0 saturated carbocycles. The zero-order chi connectivity index (χ0) is 17.7. The minimum absolute atomic E-state index is 0.188. The smallest absolute Gasteiger partial charge is 0.253 e. The second-order valence-corrected chi connectivity index (χ2v) is 6.79. The second-order valence-electron chi connectivity index (χ2n) is 6.79. The molecule has 1 aromatic carbocycles. The predicted octanol–water partition coefficient (Wildman–Crippen LogP) is 5.95. The first-order valence-corrected chi connectivity index (χ1v) is 9.34. The van der Waals surface area contributed by atoms with E-state index in [2.05, 4.69) is 47.6 Å². The zero-order valence-electron chi connectivity index (χ0n) is 16.2. The van der Waals surface area contributed by atoms with Gasteiger partial charge in [0.1, 0.15) is 0 Å². The number of hydrogen-bond acceptors (Lipinski definition) is 1. The lowest BCUT2D eigenvalue weighted by Crippen LogP contribution is -2.32. The van der Waals surface area contributed by atoms with Gasteiger partial charge in [0.25, 0.3) is 5.91 Å². The summed E-state index contributed by atoms with van der Waals surface area (Å²) >= 11 is 0. The van der Waals surface area contributed by atoms with Crippen molar-refractivity contribution in [1.82, 2.24) is 4.90 Å². The molecule has 0 radical (unpaired) electrons. The second kappa shape index (κ2) is 13.2. The first-order valence-electron chi connectivity index (χ1n) is 9.34. The highest BCUT2D eigenvalue weighted by Crippen LogP contribution is 2.11. The molecule has 0 aliphatic rings. The van der Waals surface area contributed by atoms with Crippen LogP contribution in [-0.4, -0.2) is 23.9 Å². The largest absolute Gasteiger partial charge is 0.339 e. The maximum absolute atomic E-state index is 12.5. The molecule has 0 unspecified atom stereocenters. The number of rotatable bonds is 8. The SMILES string of the molecule is CC(C)C.CCCCCN(CCC)C(=O)c1cccc(CC)c1. The van der Waals surface area contributed by atoms with Gasteiger partial charge in [-0.05, 0) is 42.9 Å². The summed E-state index contributed by atoms with van der Waals surface area (Å²) in [5, 5.41) is 0. The van der Waals surface area contributed by atoms with Gasteiger partial charge in [-0.15, -0.1) is 0 Å². The molecule has 0 N–H and O–H groups in total. The maximum atomic E-state index is 12.5. The summed E-state index contributed by atoms with van der Waals surface area (Å²) in [7, 11) is 0. The van der Waals surface area contributed by atoms with E-state index in [0.29, 0.717) is 0 Å². The van der Waals surface area contributed by atoms with E-state index in [0.717, 1.165) is 43.8 Å². The molecule has 0 aliphatic carbocycles. The summed E-state index contributed by atoms with van der Waals surface area (Å²) in [5.74, 6) is 1.02.